The van der Waals surface area contributed by atoms with E-state index in [1.165, 1.54) is 0 Å². The molecule has 0 fully saturated rings. The first-order valence-corrected chi connectivity index (χ1v) is 8.26. The second-order valence-corrected chi connectivity index (χ2v) is 5.98. The van der Waals surface area contributed by atoms with E-state index in [4.69, 9.17) is 4.74 Å². The van der Waals surface area contributed by atoms with Crippen molar-refractivity contribution in [3.05, 3.63) is 60.7 Å². The van der Waals surface area contributed by atoms with Crippen LogP contribution in [0.15, 0.2) is 60.7 Å². The van der Waals surface area contributed by atoms with Gasteiger partial charge in [0.15, 0.2) is 5.82 Å². The van der Waals surface area contributed by atoms with Gasteiger partial charge in [0.25, 0.3) is 0 Å². The lowest BCUT2D eigenvalue weighted by atomic mass is 10.2. The van der Waals surface area contributed by atoms with Crippen LogP contribution in [0.3, 0.4) is 0 Å². The maximum absolute atomic E-state index is 5.28. The third-order valence-electron chi connectivity index (χ3n) is 3.54. The number of benzene rings is 2. The Kier molecular flexibility index (Phi) is 5.14. The number of hydrogen-bond donors (Lipinski definition) is 2. The highest BCUT2D eigenvalue weighted by Crippen LogP contribution is 2.24. The van der Waals surface area contributed by atoms with E-state index in [0.717, 1.165) is 28.6 Å². The molecule has 0 aliphatic carbocycles. The molecule has 0 saturated heterocycles. The SMILES string of the molecule is COc1cccc(Nc2cc(NC(C)C)nc(-c3ccccc3)n2)c1. The van der Waals surface area contributed by atoms with Gasteiger partial charge in [0, 0.05) is 29.4 Å². The average Bonchev–Trinajstić information content (AvgIpc) is 2.62. The van der Waals surface area contributed by atoms with Crippen molar-refractivity contribution in [3.63, 3.8) is 0 Å². The van der Waals surface area contributed by atoms with Gasteiger partial charge in [0.2, 0.25) is 0 Å². The van der Waals surface area contributed by atoms with Gasteiger partial charge in [0.05, 0.1) is 7.11 Å². The highest BCUT2D eigenvalue weighted by Gasteiger charge is 2.08. The molecule has 1 heterocycles. The molecule has 3 rings (SSSR count). The zero-order valence-electron chi connectivity index (χ0n) is 14.7. The van der Waals surface area contributed by atoms with Gasteiger partial charge in [-0.1, -0.05) is 36.4 Å². The molecule has 25 heavy (non-hydrogen) atoms. The molecule has 0 spiro atoms. The van der Waals surface area contributed by atoms with E-state index in [1.54, 1.807) is 7.11 Å². The number of nitrogens with one attached hydrogen (secondary N) is 2. The molecule has 2 aromatic carbocycles. The molecule has 0 atom stereocenters. The van der Waals surface area contributed by atoms with Gasteiger partial charge in [-0.3, -0.25) is 0 Å². The predicted molar refractivity (Wildman–Crippen MR) is 103 cm³/mol. The van der Waals surface area contributed by atoms with E-state index in [9.17, 15) is 0 Å². The molecule has 0 bridgehead atoms. The standard InChI is InChI=1S/C20H22N4O/c1-14(2)21-18-13-19(22-16-10-7-11-17(12-16)25-3)24-20(23-18)15-8-5-4-6-9-15/h4-14H,1-3H3,(H2,21,22,23,24). The summed E-state index contributed by atoms with van der Waals surface area (Å²) in [5.41, 5.74) is 1.89. The maximum atomic E-state index is 5.28. The molecule has 0 amide bonds. The van der Waals surface area contributed by atoms with Crippen molar-refractivity contribution < 1.29 is 4.74 Å². The van der Waals surface area contributed by atoms with Crippen LogP contribution >= 0.6 is 0 Å². The van der Waals surface area contributed by atoms with Crippen LogP contribution in [-0.4, -0.2) is 23.1 Å². The lowest BCUT2D eigenvalue weighted by Gasteiger charge is -2.14. The van der Waals surface area contributed by atoms with Gasteiger partial charge in [-0.25, -0.2) is 9.97 Å². The number of nitrogens with zero attached hydrogens (tertiary/aromatic N) is 2. The van der Waals surface area contributed by atoms with Crippen molar-refractivity contribution in [1.82, 2.24) is 9.97 Å². The van der Waals surface area contributed by atoms with Gasteiger partial charge in [-0.05, 0) is 26.0 Å². The largest absolute Gasteiger partial charge is 0.497 e. The zero-order chi connectivity index (χ0) is 17.6. The zero-order valence-corrected chi connectivity index (χ0v) is 14.7. The summed E-state index contributed by atoms with van der Waals surface area (Å²) in [6.07, 6.45) is 0. The highest BCUT2D eigenvalue weighted by molar-refractivity contribution is 5.65. The van der Waals surface area contributed by atoms with Crippen molar-refractivity contribution in [1.29, 1.82) is 0 Å². The van der Waals surface area contributed by atoms with Crippen LogP contribution in [0.5, 0.6) is 5.75 Å². The van der Waals surface area contributed by atoms with Crippen molar-refractivity contribution in [3.8, 4) is 17.1 Å². The van der Waals surface area contributed by atoms with Crippen molar-refractivity contribution >= 4 is 17.3 Å². The van der Waals surface area contributed by atoms with Gasteiger partial charge < -0.3 is 15.4 Å². The van der Waals surface area contributed by atoms with Crippen LogP contribution in [0.25, 0.3) is 11.4 Å². The minimum atomic E-state index is 0.281. The van der Waals surface area contributed by atoms with Gasteiger partial charge >= 0.3 is 0 Å². The molecule has 3 aromatic rings. The molecule has 0 aliphatic rings. The highest BCUT2D eigenvalue weighted by atomic mass is 16.5. The number of ether oxygens (including phenoxy) is 1. The van der Waals surface area contributed by atoms with E-state index in [2.05, 4.69) is 34.4 Å². The summed E-state index contributed by atoms with van der Waals surface area (Å²) in [7, 11) is 1.65. The molecule has 1 aromatic heterocycles. The number of aromatic nitrogens is 2. The summed E-state index contributed by atoms with van der Waals surface area (Å²) < 4.78 is 5.28. The van der Waals surface area contributed by atoms with E-state index in [0.29, 0.717) is 5.82 Å². The van der Waals surface area contributed by atoms with Gasteiger partial charge in [-0.2, -0.15) is 0 Å². The minimum Gasteiger partial charge on any atom is -0.497 e. The molecule has 0 aliphatic heterocycles. The fraction of sp³-hybridized carbons (Fsp3) is 0.200. The summed E-state index contributed by atoms with van der Waals surface area (Å²) in [5, 5.41) is 6.68. The molecule has 0 saturated carbocycles. The third-order valence-corrected chi connectivity index (χ3v) is 3.54. The Labute approximate surface area is 148 Å². The van der Waals surface area contributed by atoms with Gasteiger partial charge in [-0.15, -0.1) is 0 Å². The quantitative estimate of drug-likeness (QED) is 0.683. The fourth-order valence-electron chi connectivity index (χ4n) is 2.45. The topological polar surface area (TPSA) is 59.1 Å². The van der Waals surface area contributed by atoms with E-state index in [1.807, 2.05) is 60.7 Å². The summed E-state index contributed by atoms with van der Waals surface area (Å²) in [5.74, 6) is 2.99. The van der Waals surface area contributed by atoms with Crippen LogP contribution in [0.1, 0.15) is 13.8 Å². The second-order valence-electron chi connectivity index (χ2n) is 5.98. The predicted octanol–water partition coefficient (Wildman–Crippen LogP) is 4.72. The summed E-state index contributed by atoms with van der Waals surface area (Å²) in [6, 6.07) is 19.9. The van der Waals surface area contributed by atoms with Crippen LogP contribution < -0.4 is 15.4 Å². The number of rotatable bonds is 6. The molecular weight excluding hydrogens is 312 g/mol. The molecule has 2 N–H and O–H groups in total. The van der Waals surface area contributed by atoms with Crippen LogP contribution in [0.4, 0.5) is 17.3 Å². The lowest BCUT2D eigenvalue weighted by Crippen LogP contribution is -2.12. The first kappa shape index (κ1) is 16.8. The van der Waals surface area contributed by atoms with Gasteiger partial charge in [0.1, 0.15) is 17.4 Å². The summed E-state index contributed by atoms with van der Waals surface area (Å²) >= 11 is 0. The number of methoxy groups -OCH3 is 1. The smallest absolute Gasteiger partial charge is 0.163 e. The average molecular weight is 334 g/mol. The molecule has 0 radical (unpaired) electrons. The minimum absolute atomic E-state index is 0.281. The molecule has 5 heteroatoms. The second kappa shape index (κ2) is 7.66. The van der Waals surface area contributed by atoms with Crippen LogP contribution in [-0.2, 0) is 0 Å². The normalized spacial score (nSPS) is 10.6. The first-order chi connectivity index (χ1) is 12.1. The molecule has 128 valence electrons. The number of anilines is 3. The Morgan fingerprint density at radius 1 is 0.880 bits per heavy atom. The fourth-order valence-corrected chi connectivity index (χ4v) is 2.45. The Balaban J connectivity index is 1.96. The van der Waals surface area contributed by atoms with Crippen molar-refractivity contribution in [2.24, 2.45) is 0 Å². The van der Waals surface area contributed by atoms with E-state index >= 15 is 0 Å². The third kappa shape index (κ3) is 4.47. The Hall–Kier alpha value is -3.08. The van der Waals surface area contributed by atoms with E-state index < -0.39 is 0 Å². The summed E-state index contributed by atoms with van der Waals surface area (Å²) in [6.45, 7) is 4.17. The molecule has 0 unspecified atom stereocenters. The van der Waals surface area contributed by atoms with Crippen molar-refractivity contribution in [2.75, 3.05) is 17.7 Å². The lowest BCUT2D eigenvalue weighted by molar-refractivity contribution is 0.415. The number of hydrogen-bond acceptors (Lipinski definition) is 5. The Bertz CT molecular complexity index is 834. The molecular formula is C20H22N4O. The van der Waals surface area contributed by atoms with Crippen LogP contribution in [0, 0.1) is 0 Å². The monoisotopic (exact) mass is 334 g/mol. The van der Waals surface area contributed by atoms with Crippen LogP contribution in [0.2, 0.25) is 0 Å². The molecule has 5 nitrogen and oxygen atoms in total. The van der Waals surface area contributed by atoms with Crippen molar-refractivity contribution in [2.45, 2.75) is 19.9 Å². The Morgan fingerprint density at radius 2 is 1.64 bits per heavy atom. The maximum Gasteiger partial charge on any atom is 0.163 e. The Morgan fingerprint density at radius 3 is 2.36 bits per heavy atom. The summed E-state index contributed by atoms with van der Waals surface area (Å²) in [4.78, 5) is 9.29. The first-order valence-electron chi connectivity index (χ1n) is 8.26. The van der Waals surface area contributed by atoms with E-state index in [-0.39, 0.29) is 6.04 Å².